The van der Waals surface area contributed by atoms with Gasteiger partial charge < -0.3 is 21.3 Å². The number of primary amides is 1. The summed E-state index contributed by atoms with van der Waals surface area (Å²) >= 11 is 0. The van der Waals surface area contributed by atoms with E-state index in [4.69, 9.17) is 5.73 Å². The number of amides is 3. The molecule has 3 amide bonds. The van der Waals surface area contributed by atoms with Crippen LogP contribution in [0.5, 0.6) is 0 Å². The molecule has 1 fully saturated rings. The van der Waals surface area contributed by atoms with E-state index in [9.17, 15) is 14.4 Å². The molecular formula is C19H28N4O3. The third kappa shape index (κ3) is 5.21. The Morgan fingerprint density at radius 3 is 2.50 bits per heavy atom. The zero-order valence-corrected chi connectivity index (χ0v) is 15.5. The summed E-state index contributed by atoms with van der Waals surface area (Å²) < 4.78 is 0. The van der Waals surface area contributed by atoms with Crippen molar-refractivity contribution in [1.82, 2.24) is 5.32 Å². The molecule has 1 aromatic carbocycles. The number of nitrogens with zero attached hydrogens (tertiary/aromatic N) is 1. The Labute approximate surface area is 154 Å². The van der Waals surface area contributed by atoms with Gasteiger partial charge in [-0.15, -0.1) is 0 Å². The Hall–Kier alpha value is -2.57. The average Bonchev–Trinajstić information content (AvgIpc) is 2.66. The van der Waals surface area contributed by atoms with Gasteiger partial charge in [0.25, 0.3) is 0 Å². The molecular weight excluding hydrogens is 332 g/mol. The largest absolute Gasteiger partial charge is 0.370 e. The van der Waals surface area contributed by atoms with Crippen molar-refractivity contribution >= 4 is 29.1 Å². The molecule has 1 saturated heterocycles. The predicted molar refractivity (Wildman–Crippen MR) is 102 cm³/mol. The lowest BCUT2D eigenvalue weighted by molar-refractivity contribution is -0.126. The lowest BCUT2D eigenvalue weighted by atomic mass is 9.96. The van der Waals surface area contributed by atoms with Crippen LogP contribution in [0.1, 0.15) is 33.1 Å². The third-order valence-corrected chi connectivity index (χ3v) is 4.90. The number of benzene rings is 1. The van der Waals surface area contributed by atoms with Crippen molar-refractivity contribution in [2.45, 2.75) is 33.1 Å². The molecule has 0 saturated carbocycles. The molecule has 0 spiro atoms. The van der Waals surface area contributed by atoms with Gasteiger partial charge in [0.2, 0.25) is 17.7 Å². The van der Waals surface area contributed by atoms with Crippen molar-refractivity contribution in [3.63, 3.8) is 0 Å². The van der Waals surface area contributed by atoms with Crippen LogP contribution < -0.4 is 21.3 Å². The highest BCUT2D eigenvalue weighted by Crippen LogP contribution is 2.29. The lowest BCUT2D eigenvalue weighted by Crippen LogP contribution is -2.39. The summed E-state index contributed by atoms with van der Waals surface area (Å²) in [6.45, 7) is 5.14. The van der Waals surface area contributed by atoms with Gasteiger partial charge in [0.05, 0.1) is 17.9 Å². The minimum atomic E-state index is -0.263. The lowest BCUT2D eigenvalue weighted by Gasteiger charge is -2.33. The van der Waals surface area contributed by atoms with Crippen LogP contribution in [-0.4, -0.2) is 37.4 Å². The molecule has 7 nitrogen and oxygen atoms in total. The molecule has 1 atom stereocenters. The van der Waals surface area contributed by atoms with E-state index >= 15 is 0 Å². The second-order valence-corrected chi connectivity index (χ2v) is 6.76. The summed E-state index contributed by atoms with van der Waals surface area (Å²) in [6, 6.07) is 7.55. The molecule has 7 heteroatoms. The summed E-state index contributed by atoms with van der Waals surface area (Å²) in [5.74, 6) is -0.820. The monoisotopic (exact) mass is 360 g/mol. The first kappa shape index (κ1) is 19.8. The van der Waals surface area contributed by atoms with Crippen molar-refractivity contribution in [3.8, 4) is 0 Å². The summed E-state index contributed by atoms with van der Waals surface area (Å²) in [5.41, 5.74) is 7.00. The van der Waals surface area contributed by atoms with Crippen LogP contribution in [0.25, 0.3) is 0 Å². The predicted octanol–water partition coefficient (Wildman–Crippen LogP) is 1.49. The van der Waals surface area contributed by atoms with Gasteiger partial charge in [-0.3, -0.25) is 14.4 Å². The van der Waals surface area contributed by atoms with Crippen LogP contribution in [-0.2, 0) is 14.4 Å². The highest BCUT2D eigenvalue weighted by atomic mass is 16.2. The van der Waals surface area contributed by atoms with E-state index in [1.54, 1.807) is 0 Å². The summed E-state index contributed by atoms with van der Waals surface area (Å²) in [6.07, 6.45) is 2.16. The first-order valence-corrected chi connectivity index (χ1v) is 9.13. The minimum Gasteiger partial charge on any atom is -0.370 e. The smallest absolute Gasteiger partial charge is 0.243 e. The second kappa shape index (κ2) is 9.22. The highest BCUT2D eigenvalue weighted by Gasteiger charge is 2.24. The van der Waals surface area contributed by atoms with Crippen LogP contribution in [0.3, 0.4) is 0 Å². The summed E-state index contributed by atoms with van der Waals surface area (Å²) in [7, 11) is 0. The van der Waals surface area contributed by atoms with Gasteiger partial charge >= 0.3 is 0 Å². The van der Waals surface area contributed by atoms with E-state index < -0.39 is 0 Å². The van der Waals surface area contributed by atoms with E-state index in [-0.39, 0.29) is 36.1 Å². The van der Waals surface area contributed by atoms with Gasteiger partial charge in [0.1, 0.15) is 0 Å². The molecule has 1 aliphatic heterocycles. The van der Waals surface area contributed by atoms with Crippen molar-refractivity contribution in [1.29, 1.82) is 0 Å². The van der Waals surface area contributed by atoms with Gasteiger partial charge in [-0.1, -0.05) is 26.0 Å². The van der Waals surface area contributed by atoms with Crippen LogP contribution >= 0.6 is 0 Å². The minimum absolute atomic E-state index is 0.0543. The van der Waals surface area contributed by atoms with Gasteiger partial charge in [-0.05, 0) is 31.4 Å². The molecule has 0 radical (unpaired) electrons. The normalized spacial score (nSPS) is 16.0. The standard InChI is InChI=1S/C19H28N4O3/c1-3-13(2)19(26)21-12-17(24)22-15-6-4-5-7-16(15)23-10-8-14(9-11-23)18(20)25/h4-7,13-14H,3,8-12H2,1-2H3,(H2,20,25)(H,21,26)(H,22,24). The van der Waals surface area contributed by atoms with E-state index in [0.29, 0.717) is 31.6 Å². The Bertz CT molecular complexity index is 654. The highest BCUT2D eigenvalue weighted by molar-refractivity contribution is 5.97. The molecule has 4 N–H and O–H groups in total. The van der Waals surface area contributed by atoms with Gasteiger partial charge in [0, 0.05) is 24.9 Å². The molecule has 0 bridgehead atoms. The fourth-order valence-corrected chi connectivity index (χ4v) is 2.98. The average molecular weight is 360 g/mol. The molecule has 0 aromatic heterocycles. The zero-order chi connectivity index (χ0) is 19.1. The number of para-hydroxylation sites is 2. The number of hydrogen-bond donors (Lipinski definition) is 3. The third-order valence-electron chi connectivity index (χ3n) is 4.90. The first-order chi connectivity index (χ1) is 12.4. The molecule has 1 aliphatic rings. The van der Waals surface area contributed by atoms with Crippen LogP contribution in [0.2, 0.25) is 0 Å². The number of carbonyl (C=O) groups excluding carboxylic acids is 3. The Kier molecular flexibility index (Phi) is 7.00. The molecule has 26 heavy (non-hydrogen) atoms. The summed E-state index contributed by atoms with van der Waals surface area (Å²) in [4.78, 5) is 37.5. The fraction of sp³-hybridized carbons (Fsp3) is 0.526. The maximum absolute atomic E-state index is 12.2. The Morgan fingerprint density at radius 1 is 1.23 bits per heavy atom. The number of carbonyl (C=O) groups is 3. The summed E-state index contributed by atoms with van der Waals surface area (Å²) in [5, 5.41) is 5.52. The topological polar surface area (TPSA) is 105 Å². The van der Waals surface area contributed by atoms with Gasteiger partial charge in [0.15, 0.2) is 0 Å². The number of nitrogens with one attached hydrogen (secondary N) is 2. The fourth-order valence-electron chi connectivity index (χ4n) is 2.98. The zero-order valence-electron chi connectivity index (χ0n) is 15.5. The van der Waals surface area contributed by atoms with E-state index in [1.165, 1.54) is 0 Å². The molecule has 0 aliphatic carbocycles. The second-order valence-electron chi connectivity index (χ2n) is 6.76. The maximum atomic E-state index is 12.2. The molecule has 1 aromatic rings. The Balaban J connectivity index is 1.95. The number of hydrogen-bond acceptors (Lipinski definition) is 4. The van der Waals surface area contributed by atoms with Gasteiger partial charge in [-0.25, -0.2) is 0 Å². The van der Waals surface area contributed by atoms with E-state index in [1.807, 2.05) is 38.1 Å². The number of rotatable bonds is 7. The SMILES string of the molecule is CCC(C)C(=O)NCC(=O)Nc1ccccc1N1CCC(C(N)=O)CC1. The Morgan fingerprint density at radius 2 is 1.88 bits per heavy atom. The quantitative estimate of drug-likeness (QED) is 0.685. The van der Waals surface area contributed by atoms with Gasteiger partial charge in [-0.2, -0.15) is 0 Å². The molecule has 142 valence electrons. The number of anilines is 2. The first-order valence-electron chi connectivity index (χ1n) is 9.13. The van der Waals surface area contributed by atoms with Crippen LogP contribution in [0, 0.1) is 11.8 Å². The maximum Gasteiger partial charge on any atom is 0.243 e. The molecule has 1 unspecified atom stereocenters. The van der Waals surface area contributed by atoms with Crippen LogP contribution in [0.4, 0.5) is 11.4 Å². The number of nitrogens with two attached hydrogens (primary N) is 1. The molecule has 1 heterocycles. The van der Waals surface area contributed by atoms with Crippen LogP contribution in [0.15, 0.2) is 24.3 Å². The van der Waals surface area contributed by atoms with Crippen molar-refractivity contribution in [2.75, 3.05) is 29.9 Å². The van der Waals surface area contributed by atoms with Crippen molar-refractivity contribution in [3.05, 3.63) is 24.3 Å². The number of piperidine rings is 1. The van der Waals surface area contributed by atoms with Crippen molar-refractivity contribution in [2.24, 2.45) is 17.6 Å². The molecule has 2 rings (SSSR count). The van der Waals surface area contributed by atoms with E-state index in [0.717, 1.165) is 12.1 Å². The van der Waals surface area contributed by atoms with E-state index in [2.05, 4.69) is 15.5 Å². The van der Waals surface area contributed by atoms with Crippen molar-refractivity contribution < 1.29 is 14.4 Å².